The van der Waals surface area contributed by atoms with Gasteiger partial charge in [-0.15, -0.1) is 0 Å². The van der Waals surface area contributed by atoms with Gasteiger partial charge in [0.15, 0.2) is 0 Å². The highest BCUT2D eigenvalue weighted by molar-refractivity contribution is 5.83. The van der Waals surface area contributed by atoms with Crippen molar-refractivity contribution in [3.63, 3.8) is 0 Å². The summed E-state index contributed by atoms with van der Waals surface area (Å²) in [5.41, 5.74) is 10.1. The van der Waals surface area contributed by atoms with Crippen LogP contribution >= 0.6 is 0 Å². The van der Waals surface area contributed by atoms with E-state index >= 15 is 0 Å². The quantitative estimate of drug-likeness (QED) is 0.803. The molecule has 0 amide bonds. The number of pyridine rings is 2. The smallest absolute Gasteiger partial charge is 0.0667 e. The van der Waals surface area contributed by atoms with Crippen molar-refractivity contribution in [2.45, 2.75) is 18.5 Å². The molecule has 1 aliphatic heterocycles. The predicted molar refractivity (Wildman–Crippen MR) is 90.9 cm³/mol. The van der Waals surface area contributed by atoms with E-state index in [-0.39, 0.29) is 6.04 Å². The summed E-state index contributed by atoms with van der Waals surface area (Å²) in [6.07, 6.45) is 7.84. The molecule has 5 heteroatoms. The molecule has 0 aliphatic carbocycles. The fraction of sp³-hybridized carbons (Fsp3) is 0.333. The molecule has 2 N–H and O–H groups in total. The van der Waals surface area contributed by atoms with Crippen molar-refractivity contribution in [1.29, 1.82) is 0 Å². The second-order valence-electron chi connectivity index (χ2n) is 6.37. The fourth-order valence-corrected chi connectivity index (χ4v) is 3.65. The van der Waals surface area contributed by atoms with Gasteiger partial charge >= 0.3 is 0 Å². The second-order valence-corrected chi connectivity index (χ2v) is 6.37. The van der Waals surface area contributed by atoms with Crippen molar-refractivity contribution in [2.75, 3.05) is 13.1 Å². The Morgan fingerprint density at radius 3 is 2.96 bits per heavy atom. The van der Waals surface area contributed by atoms with E-state index in [0.29, 0.717) is 5.92 Å². The Morgan fingerprint density at radius 2 is 2.13 bits per heavy atom. The Labute approximate surface area is 135 Å². The number of hydrogen-bond donors (Lipinski definition) is 1. The first-order chi connectivity index (χ1) is 11.2. The number of likely N-dealkylation sites (tertiary alicyclic amines) is 1. The number of aromatic nitrogens is 3. The summed E-state index contributed by atoms with van der Waals surface area (Å²) in [7, 11) is 2.07. The molecular weight excluding hydrogens is 286 g/mol. The molecule has 0 unspecified atom stereocenters. The maximum Gasteiger partial charge on any atom is 0.0667 e. The van der Waals surface area contributed by atoms with Gasteiger partial charge in [0.1, 0.15) is 0 Å². The number of fused-ring (bicyclic) bond motifs is 1. The van der Waals surface area contributed by atoms with Gasteiger partial charge < -0.3 is 10.3 Å². The highest BCUT2D eigenvalue weighted by atomic mass is 15.2. The number of rotatable bonds is 3. The summed E-state index contributed by atoms with van der Waals surface area (Å²) in [6.45, 7) is 2.74. The van der Waals surface area contributed by atoms with E-state index in [1.54, 1.807) is 0 Å². The molecule has 0 saturated carbocycles. The van der Waals surface area contributed by atoms with Crippen LogP contribution in [-0.2, 0) is 13.6 Å². The first-order valence-electron chi connectivity index (χ1n) is 7.99. The van der Waals surface area contributed by atoms with Gasteiger partial charge in [-0.25, -0.2) is 0 Å². The summed E-state index contributed by atoms with van der Waals surface area (Å²) in [4.78, 5) is 11.1. The van der Waals surface area contributed by atoms with Crippen LogP contribution < -0.4 is 5.73 Å². The predicted octanol–water partition coefficient (Wildman–Crippen LogP) is 1.89. The van der Waals surface area contributed by atoms with Crippen LogP contribution in [0.5, 0.6) is 0 Å². The van der Waals surface area contributed by atoms with Crippen LogP contribution in [0.15, 0.2) is 49.1 Å². The van der Waals surface area contributed by atoms with Crippen molar-refractivity contribution in [3.8, 4) is 0 Å². The standard InChI is InChI=1S/C18H21N5/c1-22-10-15(14-5-7-20-8-18(14)22)16-11-23(12-17(16)19)9-13-4-2-3-6-21-13/h2-8,10,16-17H,9,11-12,19H2,1H3/t16-,17+/m0/s1. The van der Waals surface area contributed by atoms with Gasteiger partial charge in [-0.3, -0.25) is 14.9 Å². The Bertz CT molecular complexity index is 811. The third kappa shape index (κ3) is 2.62. The lowest BCUT2D eigenvalue weighted by Gasteiger charge is -2.15. The zero-order valence-corrected chi connectivity index (χ0v) is 13.3. The van der Waals surface area contributed by atoms with Crippen molar-refractivity contribution >= 4 is 10.9 Å². The molecular formula is C18H21N5. The van der Waals surface area contributed by atoms with Gasteiger partial charge in [0.05, 0.1) is 17.4 Å². The van der Waals surface area contributed by atoms with Crippen LogP contribution in [0, 0.1) is 0 Å². The summed E-state index contributed by atoms with van der Waals surface area (Å²) >= 11 is 0. The van der Waals surface area contributed by atoms with Crippen LogP contribution in [0.25, 0.3) is 10.9 Å². The minimum atomic E-state index is 0.150. The molecule has 0 aromatic carbocycles. The largest absolute Gasteiger partial charge is 0.349 e. The lowest BCUT2D eigenvalue weighted by molar-refractivity contribution is 0.320. The molecule has 1 fully saturated rings. The Morgan fingerprint density at radius 1 is 1.22 bits per heavy atom. The Balaban J connectivity index is 1.60. The van der Waals surface area contributed by atoms with Crippen LogP contribution in [0.3, 0.4) is 0 Å². The van der Waals surface area contributed by atoms with Crippen LogP contribution in [0.4, 0.5) is 0 Å². The van der Waals surface area contributed by atoms with Crippen LogP contribution in [0.2, 0.25) is 0 Å². The highest BCUT2D eigenvalue weighted by Crippen LogP contribution is 2.33. The molecule has 23 heavy (non-hydrogen) atoms. The number of aryl methyl sites for hydroxylation is 1. The van der Waals surface area contributed by atoms with E-state index < -0.39 is 0 Å². The molecule has 4 rings (SSSR count). The number of hydrogen-bond acceptors (Lipinski definition) is 4. The first-order valence-corrected chi connectivity index (χ1v) is 7.99. The van der Waals surface area contributed by atoms with E-state index in [2.05, 4.69) is 44.8 Å². The van der Waals surface area contributed by atoms with Gasteiger partial charge in [-0.2, -0.15) is 0 Å². The van der Waals surface area contributed by atoms with E-state index in [4.69, 9.17) is 5.73 Å². The molecule has 0 spiro atoms. The molecule has 1 saturated heterocycles. The number of nitrogens with two attached hydrogens (primary N) is 1. The van der Waals surface area contributed by atoms with Crippen molar-refractivity contribution in [1.82, 2.24) is 19.4 Å². The van der Waals surface area contributed by atoms with E-state index in [0.717, 1.165) is 30.8 Å². The van der Waals surface area contributed by atoms with Gasteiger partial charge in [0.25, 0.3) is 0 Å². The minimum Gasteiger partial charge on any atom is -0.349 e. The average molecular weight is 307 g/mol. The molecule has 2 atom stereocenters. The third-order valence-corrected chi connectivity index (χ3v) is 4.78. The van der Waals surface area contributed by atoms with Crippen molar-refractivity contribution in [3.05, 3.63) is 60.3 Å². The maximum absolute atomic E-state index is 6.47. The summed E-state index contributed by atoms with van der Waals surface area (Å²) in [5.74, 6) is 0.352. The molecule has 118 valence electrons. The van der Waals surface area contributed by atoms with Gasteiger partial charge in [-0.05, 0) is 23.8 Å². The molecule has 3 aromatic heterocycles. The summed E-state index contributed by atoms with van der Waals surface area (Å²) in [6, 6.07) is 8.30. The van der Waals surface area contributed by atoms with Crippen molar-refractivity contribution in [2.24, 2.45) is 12.8 Å². The summed E-state index contributed by atoms with van der Waals surface area (Å²) < 4.78 is 2.14. The fourth-order valence-electron chi connectivity index (χ4n) is 3.65. The van der Waals surface area contributed by atoms with Crippen LogP contribution in [0.1, 0.15) is 17.2 Å². The molecule has 5 nitrogen and oxygen atoms in total. The molecule has 0 bridgehead atoms. The zero-order valence-electron chi connectivity index (χ0n) is 13.3. The zero-order chi connectivity index (χ0) is 15.8. The van der Waals surface area contributed by atoms with Gasteiger partial charge in [-0.1, -0.05) is 6.07 Å². The molecule has 1 aliphatic rings. The highest BCUT2D eigenvalue weighted by Gasteiger charge is 2.33. The van der Waals surface area contributed by atoms with Gasteiger partial charge in [0.2, 0.25) is 0 Å². The van der Waals surface area contributed by atoms with E-state index in [1.165, 1.54) is 10.9 Å². The Kier molecular flexibility index (Phi) is 3.59. The SMILES string of the molecule is Cn1cc([C@@H]2CN(Cc3ccccn3)C[C@H]2N)c2ccncc21. The van der Waals surface area contributed by atoms with E-state index in [1.807, 2.05) is 30.7 Å². The lowest BCUT2D eigenvalue weighted by Crippen LogP contribution is -2.28. The molecule has 3 aromatic rings. The maximum atomic E-state index is 6.47. The monoisotopic (exact) mass is 307 g/mol. The minimum absolute atomic E-state index is 0.150. The van der Waals surface area contributed by atoms with E-state index in [9.17, 15) is 0 Å². The van der Waals surface area contributed by atoms with Gasteiger partial charge in [0, 0.05) is 62.6 Å². The first kappa shape index (κ1) is 14.4. The normalized spacial score (nSPS) is 22.0. The lowest BCUT2D eigenvalue weighted by atomic mass is 9.95. The molecule has 4 heterocycles. The van der Waals surface area contributed by atoms with Crippen LogP contribution in [-0.4, -0.2) is 38.6 Å². The van der Waals surface area contributed by atoms with Crippen molar-refractivity contribution < 1.29 is 0 Å². The summed E-state index contributed by atoms with van der Waals surface area (Å²) in [5, 5.41) is 1.27. The molecule has 0 radical (unpaired) electrons. The number of nitrogens with zero attached hydrogens (tertiary/aromatic N) is 4. The third-order valence-electron chi connectivity index (χ3n) is 4.78. The average Bonchev–Trinajstić information content (AvgIpc) is 3.09. The second kappa shape index (κ2) is 5.76. The Hall–Kier alpha value is -2.24. The topological polar surface area (TPSA) is 60.0 Å².